The summed E-state index contributed by atoms with van der Waals surface area (Å²) in [5.74, 6) is 1.95. The second kappa shape index (κ2) is 5.63. The van der Waals surface area contributed by atoms with Gasteiger partial charge in [-0.2, -0.15) is 0 Å². The monoisotopic (exact) mass is 263 g/mol. The fourth-order valence-electron chi connectivity index (χ4n) is 3.13. The first kappa shape index (κ1) is 13.1. The molecule has 0 unspecified atom stereocenters. The van der Waals surface area contributed by atoms with Crippen molar-refractivity contribution in [2.24, 2.45) is 13.0 Å². The van der Waals surface area contributed by atoms with E-state index in [2.05, 4.69) is 28.8 Å². The van der Waals surface area contributed by atoms with E-state index in [4.69, 9.17) is 4.74 Å². The SMILES string of the molecule is C[C@H](C[C@@H]1CCCO1)N[C@H](c1nccn1C)C1CC1. The molecule has 3 atom stereocenters. The molecular formula is C15H25N3O. The number of nitrogens with zero attached hydrogens (tertiary/aromatic N) is 2. The molecule has 0 bridgehead atoms. The number of nitrogens with one attached hydrogen (secondary N) is 1. The lowest BCUT2D eigenvalue weighted by molar-refractivity contribution is 0.0943. The van der Waals surface area contributed by atoms with E-state index in [1.54, 1.807) is 0 Å². The molecule has 1 saturated carbocycles. The molecule has 1 N–H and O–H groups in total. The van der Waals surface area contributed by atoms with E-state index in [1.807, 2.05) is 12.4 Å². The van der Waals surface area contributed by atoms with Crippen molar-refractivity contribution in [3.8, 4) is 0 Å². The molecule has 4 nitrogen and oxygen atoms in total. The van der Waals surface area contributed by atoms with Crippen LogP contribution in [0, 0.1) is 5.92 Å². The normalized spacial score (nSPS) is 26.5. The van der Waals surface area contributed by atoms with E-state index in [-0.39, 0.29) is 0 Å². The zero-order chi connectivity index (χ0) is 13.2. The van der Waals surface area contributed by atoms with Gasteiger partial charge in [0.25, 0.3) is 0 Å². The maximum Gasteiger partial charge on any atom is 0.125 e. The third kappa shape index (κ3) is 3.18. The summed E-state index contributed by atoms with van der Waals surface area (Å²) in [5.41, 5.74) is 0. The van der Waals surface area contributed by atoms with Gasteiger partial charge in [-0.1, -0.05) is 0 Å². The van der Waals surface area contributed by atoms with Crippen molar-refractivity contribution in [3.63, 3.8) is 0 Å². The van der Waals surface area contributed by atoms with Crippen LogP contribution in [0.25, 0.3) is 0 Å². The summed E-state index contributed by atoms with van der Waals surface area (Å²) in [6.45, 7) is 3.23. The van der Waals surface area contributed by atoms with Gasteiger partial charge in [0, 0.05) is 32.1 Å². The molecule has 106 valence electrons. The Kier molecular flexibility index (Phi) is 3.89. The molecule has 3 rings (SSSR count). The molecule has 2 heterocycles. The third-order valence-electron chi connectivity index (χ3n) is 4.33. The number of hydrogen-bond acceptors (Lipinski definition) is 3. The lowest BCUT2D eigenvalue weighted by atomic mass is 10.1. The van der Waals surface area contributed by atoms with Gasteiger partial charge in [-0.3, -0.25) is 0 Å². The molecule has 0 aromatic carbocycles. The summed E-state index contributed by atoms with van der Waals surface area (Å²) >= 11 is 0. The smallest absolute Gasteiger partial charge is 0.125 e. The van der Waals surface area contributed by atoms with Crippen LogP contribution in [0.15, 0.2) is 12.4 Å². The van der Waals surface area contributed by atoms with Gasteiger partial charge in [-0.15, -0.1) is 0 Å². The first-order valence-electron chi connectivity index (χ1n) is 7.59. The summed E-state index contributed by atoms with van der Waals surface area (Å²) in [6.07, 6.45) is 10.6. The molecule has 2 aliphatic rings. The largest absolute Gasteiger partial charge is 0.378 e. The molecule has 0 radical (unpaired) electrons. The zero-order valence-corrected chi connectivity index (χ0v) is 12.0. The number of hydrogen-bond donors (Lipinski definition) is 1. The predicted molar refractivity (Wildman–Crippen MR) is 74.9 cm³/mol. The van der Waals surface area contributed by atoms with Gasteiger partial charge in [0.1, 0.15) is 5.82 Å². The maximum atomic E-state index is 5.73. The summed E-state index contributed by atoms with van der Waals surface area (Å²) in [4.78, 5) is 4.53. The van der Waals surface area contributed by atoms with Crippen LogP contribution in [0.4, 0.5) is 0 Å². The summed E-state index contributed by atoms with van der Waals surface area (Å²) in [7, 11) is 2.09. The number of aryl methyl sites for hydroxylation is 1. The summed E-state index contributed by atoms with van der Waals surface area (Å²) < 4.78 is 7.88. The number of aromatic nitrogens is 2. The molecule has 19 heavy (non-hydrogen) atoms. The highest BCUT2D eigenvalue weighted by atomic mass is 16.5. The molecule has 0 spiro atoms. The van der Waals surface area contributed by atoms with E-state index >= 15 is 0 Å². The number of imidazole rings is 1. The van der Waals surface area contributed by atoms with Gasteiger partial charge in [0.15, 0.2) is 0 Å². The fraction of sp³-hybridized carbons (Fsp3) is 0.800. The van der Waals surface area contributed by atoms with Gasteiger partial charge in [0.05, 0.1) is 12.1 Å². The number of ether oxygens (including phenoxy) is 1. The van der Waals surface area contributed by atoms with Crippen molar-refractivity contribution in [3.05, 3.63) is 18.2 Å². The summed E-state index contributed by atoms with van der Waals surface area (Å²) in [5, 5.41) is 3.79. The minimum Gasteiger partial charge on any atom is -0.378 e. The molecule has 4 heteroatoms. The van der Waals surface area contributed by atoms with Crippen molar-refractivity contribution in [1.82, 2.24) is 14.9 Å². The lowest BCUT2D eigenvalue weighted by Gasteiger charge is -2.24. The second-order valence-corrected chi connectivity index (χ2v) is 6.15. The Bertz CT molecular complexity index is 407. The van der Waals surface area contributed by atoms with Crippen molar-refractivity contribution >= 4 is 0 Å². The molecule has 1 aromatic heterocycles. The number of rotatable bonds is 6. The molecule has 1 saturated heterocycles. The lowest BCUT2D eigenvalue weighted by Crippen LogP contribution is -2.35. The zero-order valence-electron chi connectivity index (χ0n) is 12.0. The molecular weight excluding hydrogens is 238 g/mol. The quantitative estimate of drug-likeness (QED) is 0.856. The van der Waals surface area contributed by atoms with Crippen LogP contribution >= 0.6 is 0 Å². The fourth-order valence-corrected chi connectivity index (χ4v) is 3.13. The molecule has 0 amide bonds. The maximum absolute atomic E-state index is 5.73. The van der Waals surface area contributed by atoms with Gasteiger partial charge < -0.3 is 14.6 Å². The van der Waals surface area contributed by atoms with Crippen LogP contribution in [0.1, 0.15) is 50.9 Å². The Morgan fingerprint density at radius 2 is 2.32 bits per heavy atom. The van der Waals surface area contributed by atoms with Crippen LogP contribution in [-0.4, -0.2) is 28.3 Å². The highest BCUT2D eigenvalue weighted by molar-refractivity contribution is 5.05. The van der Waals surface area contributed by atoms with E-state index in [0.29, 0.717) is 18.2 Å². The topological polar surface area (TPSA) is 39.1 Å². The van der Waals surface area contributed by atoms with Crippen LogP contribution < -0.4 is 5.32 Å². The van der Waals surface area contributed by atoms with Crippen molar-refractivity contribution in [2.45, 2.75) is 57.2 Å². The minimum atomic E-state index is 0.413. The Balaban J connectivity index is 1.60. The average Bonchev–Trinajstić information content (AvgIpc) is 2.94. The van der Waals surface area contributed by atoms with Gasteiger partial charge in [-0.05, 0) is 44.9 Å². The molecule has 1 aliphatic heterocycles. The van der Waals surface area contributed by atoms with E-state index in [0.717, 1.165) is 18.9 Å². The standard InChI is InChI=1S/C15H25N3O/c1-11(10-13-4-3-9-19-13)17-14(12-5-6-12)15-16-7-8-18(15)2/h7-8,11-14,17H,3-6,9-10H2,1-2H3/t11-,13+,14+/m1/s1. The van der Waals surface area contributed by atoms with E-state index < -0.39 is 0 Å². The van der Waals surface area contributed by atoms with Crippen molar-refractivity contribution in [2.75, 3.05) is 6.61 Å². The van der Waals surface area contributed by atoms with Gasteiger partial charge in [0.2, 0.25) is 0 Å². The van der Waals surface area contributed by atoms with Crippen molar-refractivity contribution < 1.29 is 4.74 Å². The van der Waals surface area contributed by atoms with Crippen LogP contribution in [-0.2, 0) is 11.8 Å². The van der Waals surface area contributed by atoms with Crippen molar-refractivity contribution in [1.29, 1.82) is 0 Å². The molecule has 1 aliphatic carbocycles. The van der Waals surface area contributed by atoms with Gasteiger partial charge in [-0.25, -0.2) is 4.98 Å². The first-order valence-corrected chi connectivity index (χ1v) is 7.59. The van der Waals surface area contributed by atoms with Crippen LogP contribution in [0.2, 0.25) is 0 Å². The Labute approximate surface area is 115 Å². The first-order chi connectivity index (χ1) is 9.24. The van der Waals surface area contributed by atoms with Crippen LogP contribution in [0.5, 0.6) is 0 Å². The Morgan fingerprint density at radius 1 is 1.47 bits per heavy atom. The Morgan fingerprint density at radius 3 is 2.89 bits per heavy atom. The second-order valence-electron chi connectivity index (χ2n) is 6.15. The van der Waals surface area contributed by atoms with E-state index in [9.17, 15) is 0 Å². The molecule has 1 aromatic rings. The highest BCUT2D eigenvalue weighted by Gasteiger charge is 2.35. The molecule has 2 fully saturated rings. The van der Waals surface area contributed by atoms with Gasteiger partial charge >= 0.3 is 0 Å². The summed E-state index contributed by atoms with van der Waals surface area (Å²) in [6, 6.07) is 0.904. The third-order valence-corrected chi connectivity index (χ3v) is 4.33. The van der Waals surface area contributed by atoms with Crippen LogP contribution in [0.3, 0.4) is 0 Å². The average molecular weight is 263 g/mol. The highest BCUT2D eigenvalue weighted by Crippen LogP contribution is 2.40. The predicted octanol–water partition coefficient (Wildman–Crippen LogP) is 2.42. The Hall–Kier alpha value is -0.870. The van der Waals surface area contributed by atoms with E-state index in [1.165, 1.54) is 31.5 Å². The minimum absolute atomic E-state index is 0.413.